The van der Waals surface area contributed by atoms with Crippen molar-refractivity contribution in [1.82, 2.24) is 4.90 Å². The highest BCUT2D eigenvalue weighted by molar-refractivity contribution is 7.12. The average Bonchev–Trinajstić information content (AvgIpc) is 3.37. The first-order chi connectivity index (χ1) is 13.1. The van der Waals surface area contributed by atoms with Gasteiger partial charge in [0.15, 0.2) is 6.10 Å². The van der Waals surface area contributed by atoms with Gasteiger partial charge in [-0.3, -0.25) is 14.4 Å². The highest BCUT2D eigenvalue weighted by Gasteiger charge is 2.41. The summed E-state index contributed by atoms with van der Waals surface area (Å²) in [4.78, 5) is 41.6. The lowest BCUT2D eigenvalue weighted by Crippen LogP contribution is -2.54. The molecule has 3 heterocycles. The van der Waals surface area contributed by atoms with Crippen molar-refractivity contribution in [3.05, 3.63) is 46.7 Å². The molecule has 1 fully saturated rings. The first-order valence-electron chi connectivity index (χ1n) is 8.77. The molecule has 4 rings (SSSR count). The van der Waals surface area contributed by atoms with Gasteiger partial charge in [0.25, 0.3) is 11.8 Å². The van der Waals surface area contributed by atoms with Crippen LogP contribution < -0.4 is 15.4 Å². The van der Waals surface area contributed by atoms with Gasteiger partial charge in [-0.2, -0.15) is 0 Å². The number of rotatable bonds is 3. The Bertz CT molecular complexity index is 883. The summed E-state index contributed by atoms with van der Waals surface area (Å²) in [6, 6.07) is 10.1. The fourth-order valence-electron chi connectivity index (χ4n) is 3.58. The van der Waals surface area contributed by atoms with Crippen LogP contribution in [0.2, 0.25) is 0 Å². The second-order valence-electron chi connectivity index (χ2n) is 6.56. The van der Waals surface area contributed by atoms with Crippen LogP contribution in [0.5, 0.6) is 5.75 Å². The predicted octanol–water partition coefficient (Wildman–Crippen LogP) is 1.63. The first kappa shape index (κ1) is 17.5. The highest BCUT2D eigenvalue weighted by Crippen LogP contribution is 2.35. The summed E-state index contributed by atoms with van der Waals surface area (Å²) in [5.74, 6) is -0.525. The third-order valence-corrected chi connectivity index (χ3v) is 5.75. The van der Waals surface area contributed by atoms with Gasteiger partial charge in [-0.15, -0.1) is 11.3 Å². The molecule has 0 radical (unpaired) electrons. The Morgan fingerprint density at radius 2 is 1.96 bits per heavy atom. The van der Waals surface area contributed by atoms with Gasteiger partial charge < -0.3 is 20.3 Å². The van der Waals surface area contributed by atoms with Crippen molar-refractivity contribution in [3.8, 4) is 5.75 Å². The minimum atomic E-state index is -0.910. The predicted molar refractivity (Wildman–Crippen MR) is 101 cm³/mol. The summed E-state index contributed by atoms with van der Waals surface area (Å²) in [5.41, 5.74) is 6.01. The van der Waals surface area contributed by atoms with E-state index >= 15 is 0 Å². The minimum absolute atomic E-state index is 0.0444. The molecular formula is C19H19N3O4S. The maximum absolute atomic E-state index is 13.3. The number of hydrogen-bond acceptors (Lipinski definition) is 5. The molecule has 140 valence electrons. The molecule has 1 aromatic carbocycles. The number of ether oxygens (including phenoxy) is 1. The number of nitrogens with zero attached hydrogens (tertiary/aromatic N) is 2. The summed E-state index contributed by atoms with van der Waals surface area (Å²) < 4.78 is 5.62. The number of hydrogen-bond donors (Lipinski definition) is 1. The molecular weight excluding hydrogens is 366 g/mol. The molecule has 0 unspecified atom stereocenters. The maximum Gasteiger partial charge on any atom is 0.264 e. The summed E-state index contributed by atoms with van der Waals surface area (Å²) in [6.45, 7) is 0.584. The minimum Gasteiger partial charge on any atom is -0.477 e. The van der Waals surface area contributed by atoms with Crippen LogP contribution in [-0.4, -0.2) is 47.9 Å². The normalized spacial score (nSPS) is 21.5. The van der Waals surface area contributed by atoms with Gasteiger partial charge in [0, 0.05) is 6.54 Å². The van der Waals surface area contributed by atoms with Crippen LogP contribution in [-0.2, 0) is 9.59 Å². The molecule has 0 spiro atoms. The smallest absolute Gasteiger partial charge is 0.264 e. The number of amides is 3. The second kappa shape index (κ2) is 7.03. The molecule has 27 heavy (non-hydrogen) atoms. The van der Waals surface area contributed by atoms with Crippen molar-refractivity contribution in [1.29, 1.82) is 0 Å². The molecule has 2 aliphatic heterocycles. The number of para-hydroxylation sites is 2. The number of nitrogens with two attached hydrogens (primary N) is 1. The van der Waals surface area contributed by atoms with Gasteiger partial charge in [0.2, 0.25) is 5.91 Å². The largest absolute Gasteiger partial charge is 0.477 e. The maximum atomic E-state index is 13.3. The fraction of sp³-hybridized carbons (Fsp3) is 0.316. The van der Waals surface area contributed by atoms with E-state index in [-0.39, 0.29) is 18.4 Å². The van der Waals surface area contributed by atoms with E-state index in [1.54, 1.807) is 35.2 Å². The zero-order valence-electron chi connectivity index (χ0n) is 14.5. The number of carbonyl (C=O) groups excluding carboxylic acids is 3. The van der Waals surface area contributed by atoms with E-state index in [4.69, 9.17) is 10.5 Å². The van der Waals surface area contributed by atoms with Gasteiger partial charge >= 0.3 is 0 Å². The van der Waals surface area contributed by atoms with Crippen LogP contribution in [0.15, 0.2) is 41.8 Å². The molecule has 2 atom stereocenters. The summed E-state index contributed by atoms with van der Waals surface area (Å²) in [6.07, 6.45) is 0.446. The molecule has 0 saturated carbocycles. The standard InChI is InChI=1S/C19H19N3O4S/c20-17(23)15-11-22(12-5-1-2-7-14(12)26-15)18(24)13-6-3-9-21(13)19(25)16-8-4-10-27-16/h1-2,4-5,7-8,10,13,15H,3,6,9,11H2,(H2,20,23)/t13-,15+/m1/s1. The van der Waals surface area contributed by atoms with Gasteiger partial charge in [-0.05, 0) is 36.4 Å². The molecule has 0 bridgehead atoms. The third-order valence-electron chi connectivity index (χ3n) is 4.89. The molecule has 2 N–H and O–H groups in total. The summed E-state index contributed by atoms with van der Waals surface area (Å²) in [5, 5.41) is 1.84. The topological polar surface area (TPSA) is 92.9 Å². The van der Waals surface area contributed by atoms with Crippen molar-refractivity contribution in [2.24, 2.45) is 5.73 Å². The van der Waals surface area contributed by atoms with Crippen LogP contribution in [0.3, 0.4) is 0 Å². The number of benzene rings is 1. The zero-order chi connectivity index (χ0) is 19.0. The number of fused-ring (bicyclic) bond motifs is 1. The number of carbonyl (C=O) groups is 3. The highest BCUT2D eigenvalue weighted by atomic mass is 32.1. The molecule has 1 saturated heterocycles. The van der Waals surface area contributed by atoms with Crippen molar-refractivity contribution in [2.45, 2.75) is 25.0 Å². The third kappa shape index (κ3) is 3.16. The van der Waals surface area contributed by atoms with Crippen LogP contribution in [0, 0.1) is 0 Å². The summed E-state index contributed by atoms with van der Waals surface area (Å²) in [7, 11) is 0. The lowest BCUT2D eigenvalue weighted by atomic mass is 10.1. The van der Waals surface area contributed by atoms with E-state index in [0.29, 0.717) is 29.3 Å². The van der Waals surface area contributed by atoms with Crippen LogP contribution >= 0.6 is 11.3 Å². The van der Waals surface area contributed by atoms with E-state index in [1.807, 2.05) is 11.4 Å². The SMILES string of the molecule is NC(=O)[C@@H]1CN(C(=O)[C@H]2CCCN2C(=O)c2cccs2)c2ccccc2O1. The zero-order valence-corrected chi connectivity index (χ0v) is 15.4. The van der Waals surface area contributed by atoms with Crippen molar-refractivity contribution < 1.29 is 19.1 Å². The quantitative estimate of drug-likeness (QED) is 0.869. The van der Waals surface area contributed by atoms with Crippen molar-refractivity contribution in [3.63, 3.8) is 0 Å². The van der Waals surface area contributed by atoms with E-state index in [9.17, 15) is 14.4 Å². The Morgan fingerprint density at radius 1 is 1.15 bits per heavy atom. The molecule has 2 aromatic rings. The Labute approximate surface area is 160 Å². The van der Waals surface area contributed by atoms with E-state index in [0.717, 1.165) is 6.42 Å². The van der Waals surface area contributed by atoms with Gasteiger partial charge in [-0.1, -0.05) is 18.2 Å². The van der Waals surface area contributed by atoms with Crippen LogP contribution in [0.1, 0.15) is 22.5 Å². The van der Waals surface area contributed by atoms with Gasteiger partial charge in [0.05, 0.1) is 17.1 Å². The molecule has 8 heteroatoms. The number of primary amides is 1. The molecule has 7 nitrogen and oxygen atoms in total. The summed E-state index contributed by atoms with van der Waals surface area (Å²) >= 11 is 1.36. The molecule has 1 aromatic heterocycles. The second-order valence-corrected chi connectivity index (χ2v) is 7.51. The lowest BCUT2D eigenvalue weighted by Gasteiger charge is -2.36. The van der Waals surface area contributed by atoms with E-state index < -0.39 is 18.1 Å². The van der Waals surface area contributed by atoms with Crippen molar-refractivity contribution >= 4 is 34.7 Å². The first-order valence-corrected chi connectivity index (χ1v) is 9.65. The number of anilines is 1. The Balaban J connectivity index is 1.63. The van der Waals surface area contributed by atoms with E-state index in [1.165, 1.54) is 16.2 Å². The van der Waals surface area contributed by atoms with E-state index in [2.05, 4.69) is 0 Å². The molecule has 0 aliphatic carbocycles. The Hall–Kier alpha value is -2.87. The molecule has 3 amide bonds. The Kier molecular flexibility index (Phi) is 4.57. The number of likely N-dealkylation sites (tertiary alicyclic amines) is 1. The van der Waals surface area contributed by atoms with Crippen molar-refractivity contribution in [2.75, 3.05) is 18.0 Å². The lowest BCUT2D eigenvalue weighted by molar-refractivity contribution is -0.126. The fourth-order valence-corrected chi connectivity index (χ4v) is 4.26. The molecule has 2 aliphatic rings. The number of thiophene rings is 1. The Morgan fingerprint density at radius 3 is 2.70 bits per heavy atom. The van der Waals surface area contributed by atoms with Gasteiger partial charge in [-0.25, -0.2) is 0 Å². The van der Waals surface area contributed by atoms with Gasteiger partial charge in [0.1, 0.15) is 11.8 Å². The van der Waals surface area contributed by atoms with Crippen LogP contribution in [0.25, 0.3) is 0 Å². The average molecular weight is 385 g/mol. The monoisotopic (exact) mass is 385 g/mol. The van der Waals surface area contributed by atoms with Crippen LogP contribution in [0.4, 0.5) is 5.69 Å².